The molecule has 0 unspecified atom stereocenters. The van der Waals surface area contributed by atoms with Gasteiger partial charge in [0.05, 0.1) is 10.6 Å². The van der Waals surface area contributed by atoms with E-state index in [1.165, 1.54) is 30.2 Å². The first-order chi connectivity index (χ1) is 14.4. The third kappa shape index (κ3) is 4.69. The second-order valence-electron chi connectivity index (χ2n) is 6.51. The van der Waals surface area contributed by atoms with Crippen LogP contribution in [0.1, 0.15) is 0 Å². The van der Waals surface area contributed by atoms with E-state index in [1.54, 1.807) is 23.5 Å². The number of benzene rings is 2. The molecule has 2 aromatic carbocycles. The number of sulfone groups is 1. The molecule has 1 amide bonds. The Kier molecular flexibility index (Phi) is 5.85. The van der Waals surface area contributed by atoms with Crippen molar-refractivity contribution < 1.29 is 13.2 Å². The van der Waals surface area contributed by atoms with E-state index in [-0.39, 0.29) is 16.6 Å². The molecule has 0 bridgehead atoms. The topological polar surface area (TPSA) is 89.0 Å². The van der Waals surface area contributed by atoms with Crippen molar-refractivity contribution in [2.45, 2.75) is 9.92 Å². The first-order valence-electron chi connectivity index (χ1n) is 8.93. The zero-order valence-corrected chi connectivity index (χ0v) is 18.4. The number of thiophene rings is 1. The Labute approximate surface area is 182 Å². The molecule has 0 saturated heterocycles. The van der Waals surface area contributed by atoms with Crippen LogP contribution in [0, 0.1) is 0 Å². The van der Waals surface area contributed by atoms with Crippen molar-refractivity contribution in [1.82, 2.24) is 9.97 Å². The first-order valence-corrected chi connectivity index (χ1v) is 12.6. The molecule has 2 heterocycles. The molecule has 4 rings (SSSR count). The molecule has 9 heteroatoms. The number of hydrogen-bond donors (Lipinski definition) is 1. The van der Waals surface area contributed by atoms with Crippen LogP contribution in [0.4, 0.5) is 5.69 Å². The minimum atomic E-state index is -3.26. The number of aromatic nitrogens is 2. The van der Waals surface area contributed by atoms with Gasteiger partial charge in [0.25, 0.3) is 0 Å². The van der Waals surface area contributed by atoms with Gasteiger partial charge in [0.1, 0.15) is 16.2 Å². The maximum atomic E-state index is 12.3. The summed E-state index contributed by atoms with van der Waals surface area (Å²) in [5.74, 6) is -0.0198. The van der Waals surface area contributed by atoms with E-state index in [4.69, 9.17) is 0 Å². The minimum absolute atomic E-state index is 0.177. The van der Waals surface area contributed by atoms with E-state index in [0.717, 1.165) is 31.9 Å². The highest BCUT2D eigenvalue weighted by Crippen LogP contribution is 2.36. The molecule has 4 aromatic rings. The molecular formula is C21H17N3O3S3. The van der Waals surface area contributed by atoms with Gasteiger partial charge < -0.3 is 5.32 Å². The van der Waals surface area contributed by atoms with Crippen molar-refractivity contribution in [1.29, 1.82) is 0 Å². The van der Waals surface area contributed by atoms with Crippen LogP contribution in [0.15, 0.2) is 76.9 Å². The van der Waals surface area contributed by atoms with Gasteiger partial charge in [0, 0.05) is 22.2 Å². The molecule has 0 radical (unpaired) electrons. The fourth-order valence-electron chi connectivity index (χ4n) is 2.81. The van der Waals surface area contributed by atoms with Crippen molar-refractivity contribution in [3.8, 4) is 10.4 Å². The lowest BCUT2D eigenvalue weighted by atomic mass is 10.2. The van der Waals surface area contributed by atoms with Gasteiger partial charge in [-0.3, -0.25) is 4.79 Å². The average Bonchev–Trinajstić information content (AvgIpc) is 3.18. The number of thioether (sulfide) groups is 1. The Bertz CT molecular complexity index is 1300. The van der Waals surface area contributed by atoms with Gasteiger partial charge in [-0.2, -0.15) is 0 Å². The van der Waals surface area contributed by atoms with Crippen LogP contribution in [0.3, 0.4) is 0 Å². The molecule has 0 atom stereocenters. The van der Waals surface area contributed by atoms with E-state index in [2.05, 4.69) is 21.4 Å². The monoisotopic (exact) mass is 455 g/mol. The predicted molar refractivity (Wildman–Crippen MR) is 122 cm³/mol. The highest BCUT2D eigenvalue weighted by Gasteiger charge is 2.13. The second-order valence-corrected chi connectivity index (χ2v) is 10.5. The van der Waals surface area contributed by atoms with Gasteiger partial charge in [0.15, 0.2) is 9.84 Å². The zero-order chi connectivity index (χ0) is 21.1. The van der Waals surface area contributed by atoms with Gasteiger partial charge in [-0.15, -0.1) is 11.3 Å². The summed E-state index contributed by atoms with van der Waals surface area (Å²) in [4.78, 5) is 23.2. The summed E-state index contributed by atoms with van der Waals surface area (Å²) in [6.45, 7) is 0. The summed E-state index contributed by atoms with van der Waals surface area (Å²) in [6, 6.07) is 18.2. The quantitative estimate of drug-likeness (QED) is 0.340. The first kappa shape index (κ1) is 20.5. The lowest BCUT2D eigenvalue weighted by Crippen LogP contribution is -2.14. The zero-order valence-electron chi connectivity index (χ0n) is 15.9. The SMILES string of the molecule is CS(=O)(=O)c1ccc(NC(=O)CSc2ncnc3sc(-c4ccccc4)cc23)cc1. The third-order valence-corrected chi connectivity index (χ3v) is 7.48. The Morgan fingerprint density at radius 3 is 2.50 bits per heavy atom. The Morgan fingerprint density at radius 1 is 1.07 bits per heavy atom. The van der Waals surface area contributed by atoms with Crippen molar-refractivity contribution in [3.05, 3.63) is 67.0 Å². The normalized spacial score (nSPS) is 11.5. The standard InChI is InChI=1S/C21H17N3O3S3/c1-30(26,27)16-9-7-15(8-10-16)24-19(25)12-28-20-17-11-18(14-5-3-2-4-6-14)29-21(17)23-13-22-20/h2-11,13H,12H2,1H3,(H,24,25). The highest BCUT2D eigenvalue weighted by molar-refractivity contribution is 8.00. The summed E-state index contributed by atoms with van der Waals surface area (Å²) in [5.41, 5.74) is 1.66. The van der Waals surface area contributed by atoms with Crippen LogP contribution in [0.5, 0.6) is 0 Å². The Hall–Kier alpha value is -2.75. The molecule has 0 fully saturated rings. The lowest BCUT2D eigenvalue weighted by molar-refractivity contribution is -0.113. The van der Waals surface area contributed by atoms with Gasteiger partial charge in [0.2, 0.25) is 5.91 Å². The number of nitrogens with one attached hydrogen (secondary N) is 1. The molecule has 0 saturated carbocycles. The Balaban J connectivity index is 1.45. The maximum absolute atomic E-state index is 12.3. The van der Waals surface area contributed by atoms with E-state index in [0.29, 0.717) is 5.69 Å². The molecule has 0 aliphatic rings. The highest BCUT2D eigenvalue weighted by atomic mass is 32.2. The number of rotatable bonds is 6. The summed E-state index contributed by atoms with van der Waals surface area (Å²) < 4.78 is 23.0. The van der Waals surface area contributed by atoms with Crippen LogP contribution in [-0.4, -0.2) is 36.3 Å². The number of anilines is 1. The van der Waals surface area contributed by atoms with Crippen LogP contribution >= 0.6 is 23.1 Å². The van der Waals surface area contributed by atoms with Gasteiger partial charge in [-0.05, 0) is 35.9 Å². The number of carbonyl (C=O) groups is 1. The number of fused-ring (bicyclic) bond motifs is 1. The summed E-state index contributed by atoms with van der Waals surface area (Å²) in [5, 5.41) is 4.45. The summed E-state index contributed by atoms with van der Waals surface area (Å²) in [6.07, 6.45) is 2.66. The van der Waals surface area contributed by atoms with Crippen molar-refractivity contribution in [2.24, 2.45) is 0 Å². The van der Waals surface area contributed by atoms with Crippen LogP contribution in [-0.2, 0) is 14.6 Å². The van der Waals surface area contributed by atoms with Gasteiger partial charge >= 0.3 is 0 Å². The molecule has 2 aromatic heterocycles. The molecule has 0 aliphatic carbocycles. The maximum Gasteiger partial charge on any atom is 0.234 e. The molecular weight excluding hydrogens is 438 g/mol. The average molecular weight is 456 g/mol. The fourth-order valence-corrected chi connectivity index (χ4v) is 5.28. The number of amides is 1. The molecule has 1 N–H and O–H groups in total. The Morgan fingerprint density at radius 2 is 1.80 bits per heavy atom. The summed E-state index contributed by atoms with van der Waals surface area (Å²) in [7, 11) is -3.26. The predicted octanol–water partition coefficient (Wildman–Crippen LogP) is 4.49. The molecule has 0 spiro atoms. The summed E-state index contributed by atoms with van der Waals surface area (Å²) >= 11 is 2.93. The number of hydrogen-bond acceptors (Lipinski definition) is 7. The largest absolute Gasteiger partial charge is 0.325 e. The number of carbonyl (C=O) groups excluding carboxylic acids is 1. The van der Waals surface area contributed by atoms with E-state index in [1.807, 2.05) is 30.3 Å². The van der Waals surface area contributed by atoms with Gasteiger partial charge in [-0.25, -0.2) is 18.4 Å². The second kappa shape index (κ2) is 8.55. The van der Waals surface area contributed by atoms with Crippen LogP contribution in [0.2, 0.25) is 0 Å². The third-order valence-electron chi connectivity index (χ3n) is 4.26. The molecule has 6 nitrogen and oxygen atoms in total. The fraction of sp³-hybridized carbons (Fsp3) is 0.0952. The van der Waals surface area contributed by atoms with Gasteiger partial charge in [-0.1, -0.05) is 42.1 Å². The smallest absolute Gasteiger partial charge is 0.234 e. The molecule has 0 aliphatic heterocycles. The van der Waals surface area contributed by atoms with Crippen molar-refractivity contribution >= 4 is 54.7 Å². The number of nitrogens with zero attached hydrogens (tertiary/aromatic N) is 2. The minimum Gasteiger partial charge on any atom is -0.325 e. The van der Waals surface area contributed by atoms with Crippen molar-refractivity contribution in [3.63, 3.8) is 0 Å². The van der Waals surface area contributed by atoms with Crippen molar-refractivity contribution in [2.75, 3.05) is 17.3 Å². The van der Waals surface area contributed by atoms with Crippen LogP contribution < -0.4 is 5.32 Å². The van der Waals surface area contributed by atoms with E-state index < -0.39 is 9.84 Å². The lowest BCUT2D eigenvalue weighted by Gasteiger charge is -2.06. The molecule has 152 valence electrons. The van der Waals surface area contributed by atoms with E-state index in [9.17, 15) is 13.2 Å². The molecule has 30 heavy (non-hydrogen) atoms. The van der Waals surface area contributed by atoms with E-state index >= 15 is 0 Å². The van der Waals surface area contributed by atoms with Crippen LogP contribution in [0.25, 0.3) is 20.7 Å².